The fourth-order valence-corrected chi connectivity index (χ4v) is 3.67. The van der Waals surface area contributed by atoms with Crippen molar-refractivity contribution in [2.24, 2.45) is 7.05 Å². The van der Waals surface area contributed by atoms with Gasteiger partial charge in [0.1, 0.15) is 5.65 Å². The Morgan fingerprint density at radius 3 is 2.55 bits per heavy atom. The number of rotatable bonds is 6. The van der Waals surface area contributed by atoms with E-state index in [9.17, 15) is 4.79 Å². The summed E-state index contributed by atoms with van der Waals surface area (Å²) in [6.07, 6.45) is 6.42. The molecule has 29 heavy (non-hydrogen) atoms. The standard InChI is InChI=1S/C23H24N4O2/c1-4-19(23(28)29-5-2)22-21(16-9-7-6-8-10-16)25-20-13-17(11-12-27(20)22)18-14-24-26(3)15-18/h6-15,19H,4-5H2,1-3H3. The second-order valence-electron chi connectivity index (χ2n) is 6.97. The molecule has 4 aromatic rings. The summed E-state index contributed by atoms with van der Waals surface area (Å²) in [4.78, 5) is 17.6. The molecule has 0 amide bonds. The number of aromatic nitrogens is 4. The lowest BCUT2D eigenvalue weighted by Crippen LogP contribution is -2.17. The van der Waals surface area contributed by atoms with Crippen LogP contribution in [0.1, 0.15) is 31.9 Å². The first-order valence-corrected chi connectivity index (χ1v) is 9.85. The highest BCUT2D eigenvalue weighted by Gasteiger charge is 2.28. The Balaban J connectivity index is 1.92. The Morgan fingerprint density at radius 1 is 1.10 bits per heavy atom. The Kier molecular flexibility index (Phi) is 5.16. The van der Waals surface area contributed by atoms with Crippen LogP contribution in [0.5, 0.6) is 0 Å². The van der Waals surface area contributed by atoms with Gasteiger partial charge >= 0.3 is 5.97 Å². The third-order valence-corrected chi connectivity index (χ3v) is 5.06. The van der Waals surface area contributed by atoms with Crippen LogP contribution >= 0.6 is 0 Å². The molecule has 1 aromatic carbocycles. The Hall–Kier alpha value is -3.41. The summed E-state index contributed by atoms with van der Waals surface area (Å²) in [5.41, 5.74) is 5.52. The van der Waals surface area contributed by atoms with Crippen molar-refractivity contribution in [2.75, 3.05) is 6.61 Å². The maximum Gasteiger partial charge on any atom is 0.315 e. The number of esters is 1. The van der Waals surface area contributed by atoms with Gasteiger partial charge in [0.25, 0.3) is 0 Å². The normalized spacial score (nSPS) is 12.2. The minimum atomic E-state index is -0.385. The van der Waals surface area contributed by atoms with Gasteiger partial charge in [-0.25, -0.2) is 4.98 Å². The van der Waals surface area contributed by atoms with Crippen LogP contribution in [-0.4, -0.2) is 31.7 Å². The van der Waals surface area contributed by atoms with Crippen LogP contribution in [0.15, 0.2) is 61.1 Å². The van der Waals surface area contributed by atoms with Crippen molar-refractivity contribution in [3.8, 4) is 22.4 Å². The molecule has 6 nitrogen and oxygen atoms in total. The maximum atomic E-state index is 12.7. The van der Waals surface area contributed by atoms with Crippen molar-refractivity contribution in [2.45, 2.75) is 26.2 Å². The molecule has 6 heteroatoms. The first-order chi connectivity index (χ1) is 14.1. The molecular formula is C23H24N4O2. The van der Waals surface area contributed by atoms with E-state index >= 15 is 0 Å². The smallest absolute Gasteiger partial charge is 0.315 e. The van der Waals surface area contributed by atoms with E-state index < -0.39 is 0 Å². The summed E-state index contributed by atoms with van der Waals surface area (Å²) in [5.74, 6) is -0.602. The van der Waals surface area contributed by atoms with Gasteiger partial charge in [-0.1, -0.05) is 37.3 Å². The zero-order valence-corrected chi connectivity index (χ0v) is 16.9. The number of benzene rings is 1. The second kappa shape index (κ2) is 7.91. The topological polar surface area (TPSA) is 61.4 Å². The molecule has 3 heterocycles. The van der Waals surface area contributed by atoms with Gasteiger partial charge < -0.3 is 9.14 Å². The first-order valence-electron chi connectivity index (χ1n) is 9.85. The van der Waals surface area contributed by atoms with Crippen molar-refractivity contribution in [3.05, 3.63) is 66.7 Å². The van der Waals surface area contributed by atoms with Crippen molar-refractivity contribution < 1.29 is 9.53 Å². The van der Waals surface area contributed by atoms with Crippen molar-refractivity contribution in [3.63, 3.8) is 0 Å². The highest BCUT2D eigenvalue weighted by atomic mass is 16.5. The molecular weight excluding hydrogens is 364 g/mol. The number of hydrogen-bond donors (Lipinski definition) is 0. The van der Waals surface area contributed by atoms with Crippen LogP contribution < -0.4 is 0 Å². The Labute approximate surface area is 169 Å². The summed E-state index contributed by atoms with van der Waals surface area (Å²) in [5, 5.41) is 4.26. The van der Waals surface area contributed by atoms with E-state index in [1.807, 2.05) is 86.4 Å². The predicted molar refractivity (Wildman–Crippen MR) is 112 cm³/mol. The number of nitrogens with zero attached hydrogens (tertiary/aromatic N) is 4. The van der Waals surface area contributed by atoms with Crippen LogP contribution in [0.3, 0.4) is 0 Å². The number of carbonyl (C=O) groups is 1. The summed E-state index contributed by atoms with van der Waals surface area (Å²) >= 11 is 0. The molecule has 0 aliphatic heterocycles. The molecule has 1 atom stereocenters. The van der Waals surface area contributed by atoms with Crippen LogP contribution in [-0.2, 0) is 16.6 Å². The van der Waals surface area contributed by atoms with Crippen LogP contribution in [0, 0.1) is 0 Å². The number of hydrogen-bond acceptors (Lipinski definition) is 4. The molecule has 3 aromatic heterocycles. The molecule has 0 aliphatic carbocycles. The number of aryl methyl sites for hydroxylation is 1. The van der Waals surface area contributed by atoms with E-state index in [4.69, 9.17) is 9.72 Å². The largest absolute Gasteiger partial charge is 0.465 e. The van der Waals surface area contributed by atoms with Gasteiger partial charge in [-0.15, -0.1) is 0 Å². The quantitative estimate of drug-likeness (QED) is 0.458. The number of imidazole rings is 1. The zero-order valence-electron chi connectivity index (χ0n) is 16.9. The van der Waals surface area contributed by atoms with E-state index in [2.05, 4.69) is 5.10 Å². The molecule has 0 N–H and O–H groups in total. The molecule has 1 unspecified atom stereocenters. The Morgan fingerprint density at radius 2 is 1.90 bits per heavy atom. The summed E-state index contributed by atoms with van der Waals surface area (Å²) in [7, 11) is 1.90. The molecule has 0 spiro atoms. The van der Waals surface area contributed by atoms with Gasteiger partial charge in [0.2, 0.25) is 0 Å². The molecule has 0 radical (unpaired) electrons. The van der Waals surface area contributed by atoms with Gasteiger partial charge in [0, 0.05) is 30.6 Å². The summed E-state index contributed by atoms with van der Waals surface area (Å²) in [6.45, 7) is 4.19. The van der Waals surface area contributed by atoms with E-state index in [1.54, 1.807) is 4.68 Å². The third-order valence-electron chi connectivity index (χ3n) is 5.06. The van der Waals surface area contributed by atoms with Gasteiger partial charge in [-0.2, -0.15) is 5.10 Å². The van der Waals surface area contributed by atoms with E-state index in [0.717, 1.165) is 33.7 Å². The predicted octanol–water partition coefficient (Wildman–Crippen LogP) is 4.46. The zero-order chi connectivity index (χ0) is 20.4. The molecule has 0 saturated carbocycles. The maximum absolute atomic E-state index is 12.7. The lowest BCUT2D eigenvalue weighted by molar-refractivity contribution is -0.145. The number of pyridine rings is 1. The molecule has 0 fully saturated rings. The summed E-state index contributed by atoms with van der Waals surface area (Å²) < 4.78 is 9.15. The van der Waals surface area contributed by atoms with Gasteiger partial charge in [-0.05, 0) is 31.0 Å². The number of carbonyl (C=O) groups excluding carboxylic acids is 1. The summed E-state index contributed by atoms with van der Waals surface area (Å²) in [6, 6.07) is 14.0. The van der Waals surface area contributed by atoms with Crippen molar-refractivity contribution >= 4 is 11.6 Å². The minimum absolute atomic E-state index is 0.217. The van der Waals surface area contributed by atoms with E-state index in [1.165, 1.54) is 0 Å². The monoisotopic (exact) mass is 388 g/mol. The fourth-order valence-electron chi connectivity index (χ4n) is 3.67. The van der Waals surface area contributed by atoms with Crippen LogP contribution in [0.25, 0.3) is 28.0 Å². The second-order valence-corrected chi connectivity index (χ2v) is 6.97. The molecule has 148 valence electrons. The molecule has 0 saturated heterocycles. The van der Waals surface area contributed by atoms with E-state index in [0.29, 0.717) is 13.0 Å². The average molecular weight is 388 g/mol. The van der Waals surface area contributed by atoms with Crippen molar-refractivity contribution in [1.82, 2.24) is 19.2 Å². The van der Waals surface area contributed by atoms with Gasteiger partial charge in [0.05, 0.1) is 30.1 Å². The van der Waals surface area contributed by atoms with Gasteiger partial charge in [-0.3, -0.25) is 9.48 Å². The average Bonchev–Trinajstić information content (AvgIpc) is 3.33. The lowest BCUT2D eigenvalue weighted by atomic mass is 9.97. The SMILES string of the molecule is CCOC(=O)C(CC)c1c(-c2ccccc2)nc2cc(-c3cnn(C)c3)ccn12. The fraction of sp³-hybridized carbons (Fsp3) is 0.261. The number of fused-ring (bicyclic) bond motifs is 1. The highest BCUT2D eigenvalue weighted by Crippen LogP contribution is 2.34. The molecule has 0 aliphatic rings. The van der Waals surface area contributed by atoms with E-state index in [-0.39, 0.29) is 11.9 Å². The van der Waals surface area contributed by atoms with Gasteiger partial charge in [0.15, 0.2) is 0 Å². The van der Waals surface area contributed by atoms with Crippen molar-refractivity contribution in [1.29, 1.82) is 0 Å². The third kappa shape index (κ3) is 3.53. The highest BCUT2D eigenvalue weighted by molar-refractivity contribution is 5.82. The minimum Gasteiger partial charge on any atom is -0.465 e. The number of ether oxygens (including phenoxy) is 1. The lowest BCUT2D eigenvalue weighted by Gasteiger charge is -2.15. The molecule has 4 rings (SSSR count). The van der Waals surface area contributed by atoms with Crippen LogP contribution in [0.2, 0.25) is 0 Å². The van der Waals surface area contributed by atoms with Crippen LogP contribution in [0.4, 0.5) is 0 Å². The first kappa shape index (κ1) is 18.9. The molecule has 0 bridgehead atoms. The Bertz CT molecular complexity index is 1140.